The molecule has 0 radical (unpaired) electrons. The monoisotopic (exact) mass is 374 g/mol. The second kappa shape index (κ2) is 12.6. The Kier molecular flexibility index (Phi) is 23.8. The number of hydrogen-bond acceptors (Lipinski definition) is 8. The molecule has 0 aromatic rings. The van der Waals surface area contributed by atoms with Crippen LogP contribution in [0.5, 0.6) is 0 Å². The Balaban J connectivity index is -0.0000000533. The van der Waals surface area contributed by atoms with Crippen LogP contribution in [0.25, 0.3) is 0 Å². The molecule has 17 heavy (non-hydrogen) atoms. The van der Waals surface area contributed by atoms with Crippen molar-refractivity contribution in [2.75, 3.05) is 0 Å². The van der Waals surface area contributed by atoms with Crippen molar-refractivity contribution in [2.24, 2.45) is 0 Å². The van der Waals surface area contributed by atoms with Gasteiger partial charge < -0.3 is 38.8 Å². The molecule has 0 aromatic carbocycles. The normalized spacial score (nSPS) is 13.6. The maximum atomic E-state index is 9.59. The van der Waals surface area contributed by atoms with E-state index in [9.17, 15) is 14.0 Å². The van der Waals surface area contributed by atoms with E-state index in [2.05, 4.69) is 4.31 Å². The second-order valence-electron chi connectivity index (χ2n) is 1.49. The zero-order valence-corrected chi connectivity index (χ0v) is 16.1. The first-order valence-electron chi connectivity index (χ1n) is 2.24. The molecule has 0 heterocycles. The SMILES string of the molecule is O=P([O-])(O)OP(=O)(O)O.O=P([O-])([O-])[O-].[Fe+2].[Na+].[Na+]. The number of rotatable bonds is 2. The Hall–Kier alpha value is 2.89. The second-order valence-corrected chi connectivity index (χ2v) is 4.95. The maximum absolute atomic E-state index is 9.59. The summed E-state index contributed by atoms with van der Waals surface area (Å²) in [6.45, 7) is 0. The Bertz CT molecular complexity index is 268. The molecule has 0 saturated carbocycles. The molecule has 0 aromatic heterocycles. The van der Waals surface area contributed by atoms with Crippen LogP contribution in [0.15, 0.2) is 0 Å². The van der Waals surface area contributed by atoms with Gasteiger partial charge in [-0.15, -0.1) is 0 Å². The van der Waals surface area contributed by atoms with E-state index in [1.54, 1.807) is 0 Å². The van der Waals surface area contributed by atoms with Gasteiger partial charge in [-0.05, 0) is 0 Å². The first kappa shape index (κ1) is 32.0. The van der Waals surface area contributed by atoms with Crippen molar-refractivity contribution in [3.8, 4) is 0 Å². The fourth-order valence-electron chi connectivity index (χ4n) is 0.134. The standard InChI is InChI=1S/Fe.2Na.H4O7P2.H3O4P/c;;;1-8(2,3)7-9(4,5)6;1-5(2,3)4/h;;;(H2,1,2,3)(H2,4,5,6);(H3,1,2,3,4)/q+2;2*+1;;/p-4. The Morgan fingerprint density at radius 1 is 0.824 bits per heavy atom. The molecular formula is H3FeNa2O11P3. The minimum Gasteiger partial charge on any atom is -0.822 e. The first-order valence-corrected chi connectivity index (χ1v) is 6.73. The van der Waals surface area contributed by atoms with Gasteiger partial charge in [-0.3, -0.25) is 4.57 Å². The molecule has 0 fully saturated rings. The fraction of sp³-hybridized carbons (Fsp3) is 0. The van der Waals surface area contributed by atoms with E-state index >= 15 is 0 Å². The summed E-state index contributed by atoms with van der Waals surface area (Å²) < 4.78 is 30.5. The first-order chi connectivity index (χ1) is 5.71. The van der Waals surface area contributed by atoms with E-state index in [1.807, 2.05) is 0 Å². The largest absolute Gasteiger partial charge is 2.00 e. The van der Waals surface area contributed by atoms with Crippen LogP contribution in [0, 0.1) is 0 Å². The third-order valence-electron chi connectivity index (χ3n) is 0.210. The quantitative estimate of drug-likeness (QED) is 0.305. The molecular weight excluding hydrogens is 371 g/mol. The number of hydrogen-bond donors (Lipinski definition) is 3. The van der Waals surface area contributed by atoms with Gasteiger partial charge in [-0.25, -0.2) is 8.88 Å². The van der Waals surface area contributed by atoms with E-state index < -0.39 is 23.5 Å². The van der Waals surface area contributed by atoms with Crippen LogP contribution in [0.2, 0.25) is 0 Å². The summed E-state index contributed by atoms with van der Waals surface area (Å²) in [5.41, 5.74) is 0. The van der Waals surface area contributed by atoms with E-state index in [0.29, 0.717) is 0 Å². The molecule has 0 aliphatic heterocycles. The molecule has 1 unspecified atom stereocenters. The minimum atomic E-state index is -5.39. The van der Waals surface area contributed by atoms with Crippen molar-refractivity contribution in [1.82, 2.24) is 0 Å². The van der Waals surface area contributed by atoms with Gasteiger partial charge >= 0.3 is 84.0 Å². The van der Waals surface area contributed by atoms with Gasteiger partial charge in [0.1, 0.15) is 0 Å². The molecule has 0 amide bonds. The molecule has 94 valence electrons. The summed E-state index contributed by atoms with van der Waals surface area (Å²) in [6, 6.07) is 0. The van der Waals surface area contributed by atoms with E-state index in [4.69, 9.17) is 33.9 Å². The summed E-state index contributed by atoms with van der Waals surface area (Å²) >= 11 is 0. The van der Waals surface area contributed by atoms with Crippen LogP contribution in [0.3, 0.4) is 0 Å². The van der Waals surface area contributed by atoms with Crippen molar-refractivity contribution < 1.29 is 128 Å². The Labute approximate surface area is 150 Å². The molecule has 0 rings (SSSR count). The van der Waals surface area contributed by atoms with Crippen LogP contribution in [0.4, 0.5) is 0 Å². The predicted octanol–water partition coefficient (Wildman–Crippen LogP) is -10.3. The van der Waals surface area contributed by atoms with Crippen molar-refractivity contribution in [2.45, 2.75) is 0 Å². The van der Waals surface area contributed by atoms with Crippen LogP contribution in [0.1, 0.15) is 0 Å². The average Bonchev–Trinajstić information content (AvgIpc) is 1.42. The van der Waals surface area contributed by atoms with E-state index in [-0.39, 0.29) is 76.2 Å². The smallest absolute Gasteiger partial charge is 0.822 e. The van der Waals surface area contributed by atoms with Crippen molar-refractivity contribution in [3.05, 3.63) is 0 Å². The van der Waals surface area contributed by atoms with Gasteiger partial charge in [0.25, 0.3) is 7.82 Å². The van der Waals surface area contributed by atoms with Gasteiger partial charge in [0.15, 0.2) is 0 Å². The maximum Gasteiger partial charge on any atom is 2.00 e. The Morgan fingerprint density at radius 2 is 1.00 bits per heavy atom. The third-order valence-corrected chi connectivity index (χ3v) is 1.89. The zero-order chi connectivity index (χ0) is 12.2. The van der Waals surface area contributed by atoms with E-state index in [0.717, 1.165) is 0 Å². The van der Waals surface area contributed by atoms with Gasteiger partial charge in [0.2, 0.25) is 0 Å². The van der Waals surface area contributed by atoms with Crippen molar-refractivity contribution in [3.63, 3.8) is 0 Å². The van der Waals surface area contributed by atoms with Gasteiger partial charge in [-0.2, -0.15) is 7.82 Å². The summed E-state index contributed by atoms with van der Waals surface area (Å²) in [6.07, 6.45) is 0. The van der Waals surface area contributed by atoms with Gasteiger partial charge in [-0.1, -0.05) is 0 Å². The molecule has 0 aliphatic carbocycles. The molecule has 11 nitrogen and oxygen atoms in total. The summed E-state index contributed by atoms with van der Waals surface area (Å²) in [5, 5.41) is 0. The third kappa shape index (κ3) is 68.2. The van der Waals surface area contributed by atoms with Crippen molar-refractivity contribution >= 4 is 23.5 Å². The van der Waals surface area contributed by atoms with Crippen LogP contribution >= 0.6 is 23.5 Å². The predicted molar refractivity (Wildman–Crippen MR) is 30.6 cm³/mol. The molecule has 17 heteroatoms. The Morgan fingerprint density at radius 3 is 1.00 bits per heavy atom. The molecule has 0 saturated heterocycles. The van der Waals surface area contributed by atoms with Gasteiger partial charge in [0.05, 0.1) is 0 Å². The van der Waals surface area contributed by atoms with Gasteiger partial charge in [0, 0.05) is 0 Å². The van der Waals surface area contributed by atoms with Crippen molar-refractivity contribution in [1.29, 1.82) is 0 Å². The van der Waals surface area contributed by atoms with Crippen LogP contribution in [-0.2, 0) is 35.1 Å². The van der Waals surface area contributed by atoms with Crippen LogP contribution in [-0.4, -0.2) is 14.7 Å². The fourth-order valence-corrected chi connectivity index (χ4v) is 1.21. The number of phosphoric acid groups is 3. The minimum absolute atomic E-state index is 0. The molecule has 0 aliphatic rings. The molecule has 3 N–H and O–H groups in total. The molecule has 1 atom stereocenters. The summed E-state index contributed by atoms with van der Waals surface area (Å²) in [5.74, 6) is 0. The van der Waals surface area contributed by atoms with Crippen LogP contribution < -0.4 is 78.7 Å². The average molecular weight is 374 g/mol. The molecule has 0 bridgehead atoms. The zero-order valence-electron chi connectivity index (χ0n) is 8.30. The summed E-state index contributed by atoms with van der Waals surface area (Å²) in [4.78, 5) is 58.2. The molecule has 0 spiro atoms. The van der Waals surface area contributed by atoms with E-state index in [1.165, 1.54) is 0 Å². The topological polar surface area (TPSA) is 213 Å². The summed E-state index contributed by atoms with van der Waals surface area (Å²) in [7, 11) is -15.8.